The van der Waals surface area contributed by atoms with Crippen molar-refractivity contribution in [1.29, 1.82) is 5.26 Å². The van der Waals surface area contributed by atoms with Gasteiger partial charge >= 0.3 is 5.69 Å². The minimum Gasteiger partial charge on any atom is -0.482 e. The van der Waals surface area contributed by atoms with E-state index in [1.54, 1.807) is 6.07 Å². The smallest absolute Gasteiger partial charge is 0.313 e. The molecule has 1 aromatic carbocycles. The molecule has 6 nitrogen and oxygen atoms in total. The summed E-state index contributed by atoms with van der Waals surface area (Å²) in [7, 11) is 0. The van der Waals surface area contributed by atoms with Crippen LogP contribution in [0.25, 0.3) is 0 Å². The lowest BCUT2D eigenvalue weighted by molar-refractivity contribution is -0.385. The first-order valence-corrected chi connectivity index (χ1v) is 7.45. The molecule has 0 bridgehead atoms. The van der Waals surface area contributed by atoms with Gasteiger partial charge in [-0.1, -0.05) is 13.5 Å². The number of nitro groups is 1. The van der Waals surface area contributed by atoms with Crippen molar-refractivity contribution in [2.24, 2.45) is 0 Å². The van der Waals surface area contributed by atoms with E-state index >= 15 is 0 Å². The maximum Gasteiger partial charge on any atom is 0.313 e. The van der Waals surface area contributed by atoms with Crippen LogP contribution in [-0.4, -0.2) is 24.6 Å². The van der Waals surface area contributed by atoms with E-state index in [0.717, 1.165) is 18.5 Å². The molecule has 0 atom stereocenters. The Morgan fingerprint density at radius 2 is 2.33 bits per heavy atom. The van der Waals surface area contributed by atoms with Gasteiger partial charge in [0.05, 0.1) is 20.1 Å². The minimum atomic E-state index is -0.545. The first-order chi connectivity index (χ1) is 9.99. The van der Waals surface area contributed by atoms with E-state index in [2.05, 4.69) is 18.8 Å². The van der Waals surface area contributed by atoms with Gasteiger partial charge in [0.25, 0.3) is 0 Å². The summed E-state index contributed by atoms with van der Waals surface area (Å²) in [6, 6.07) is 4.67. The van der Waals surface area contributed by atoms with Crippen molar-refractivity contribution < 1.29 is 9.66 Å². The number of halogens is 1. The van der Waals surface area contributed by atoms with Crippen LogP contribution in [0.1, 0.15) is 18.9 Å². The monoisotopic (exact) mass is 401 g/mol. The zero-order valence-electron chi connectivity index (χ0n) is 11.7. The van der Waals surface area contributed by atoms with Crippen molar-refractivity contribution in [2.75, 3.05) is 19.7 Å². The second-order valence-corrected chi connectivity index (χ2v) is 5.55. The molecule has 0 heterocycles. The highest BCUT2D eigenvalue weighted by Gasteiger charge is 2.20. The summed E-state index contributed by atoms with van der Waals surface area (Å²) in [4.78, 5) is 10.5. The van der Waals surface area contributed by atoms with Crippen LogP contribution in [0.3, 0.4) is 0 Å². The summed E-state index contributed by atoms with van der Waals surface area (Å²) in [6.45, 7) is 7.61. The Labute approximate surface area is 137 Å². The first kappa shape index (κ1) is 17.4. The van der Waals surface area contributed by atoms with Gasteiger partial charge in [-0.05, 0) is 47.2 Å². The summed E-state index contributed by atoms with van der Waals surface area (Å²) in [5, 5.41) is 23.1. The molecule has 0 saturated carbocycles. The van der Waals surface area contributed by atoms with E-state index in [1.807, 2.05) is 28.7 Å². The SMILES string of the molecule is C=C(CNCCC)COc1c(I)cc(C#N)cc1[N+](=O)[O-]. The number of nitrogens with one attached hydrogen (secondary N) is 1. The van der Waals surface area contributed by atoms with Gasteiger partial charge < -0.3 is 10.1 Å². The van der Waals surface area contributed by atoms with Gasteiger partial charge in [-0.15, -0.1) is 0 Å². The van der Waals surface area contributed by atoms with E-state index in [-0.39, 0.29) is 23.6 Å². The molecule has 112 valence electrons. The number of rotatable bonds is 8. The molecule has 21 heavy (non-hydrogen) atoms. The largest absolute Gasteiger partial charge is 0.482 e. The molecule has 0 spiro atoms. The van der Waals surface area contributed by atoms with E-state index in [1.165, 1.54) is 6.07 Å². The molecule has 0 unspecified atom stereocenters. The predicted molar refractivity (Wildman–Crippen MR) is 88.3 cm³/mol. The van der Waals surface area contributed by atoms with Crippen molar-refractivity contribution >= 4 is 28.3 Å². The van der Waals surface area contributed by atoms with Gasteiger partial charge in [0.1, 0.15) is 6.61 Å². The molecule has 0 radical (unpaired) electrons. The highest BCUT2D eigenvalue weighted by Crippen LogP contribution is 2.33. The molecule has 0 aliphatic carbocycles. The maximum absolute atomic E-state index is 11.1. The Hall–Kier alpha value is -1.66. The van der Waals surface area contributed by atoms with Gasteiger partial charge in [0.15, 0.2) is 0 Å². The molecule has 0 aliphatic heterocycles. The molecule has 0 aliphatic rings. The molecule has 1 aromatic rings. The molecule has 0 fully saturated rings. The van der Waals surface area contributed by atoms with Crippen LogP contribution in [0, 0.1) is 25.0 Å². The lowest BCUT2D eigenvalue weighted by atomic mass is 10.2. The molecular weight excluding hydrogens is 385 g/mol. The third-order valence-corrected chi connectivity index (χ3v) is 3.37. The zero-order chi connectivity index (χ0) is 15.8. The quantitative estimate of drug-likeness (QED) is 0.238. The van der Waals surface area contributed by atoms with Crippen LogP contribution in [0.5, 0.6) is 5.75 Å². The van der Waals surface area contributed by atoms with Crippen LogP contribution in [0.15, 0.2) is 24.3 Å². The fourth-order valence-corrected chi connectivity index (χ4v) is 2.36. The molecule has 1 rings (SSSR count). The highest BCUT2D eigenvalue weighted by atomic mass is 127. The van der Waals surface area contributed by atoms with Gasteiger partial charge in [0.2, 0.25) is 5.75 Å². The number of nitriles is 1. The normalized spacial score (nSPS) is 9.95. The van der Waals surface area contributed by atoms with Crippen molar-refractivity contribution in [3.05, 3.63) is 43.5 Å². The average molecular weight is 401 g/mol. The summed E-state index contributed by atoms with van der Waals surface area (Å²) < 4.78 is 6.06. The third-order valence-electron chi connectivity index (χ3n) is 2.57. The topological polar surface area (TPSA) is 88.2 Å². The number of hydrogen-bond donors (Lipinski definition) is 1. The van der Waals surface area contributed by atoms with Crippen LogP contribution in [0.2, 0.25) is 0 Å². The minimum absolute atomic E-state index is 0.177. The molecule has 0 amide bonds. The van der Waals surface area contributed by atoms with Crippen LogP contribution in [0.4, 0.5) is 5.69 Å². The second kappa shape index (κ2) is 8.59. The Kier molecular flexibility index (Phi) is 7.11. The van der Waals surface area contributed by atoms with Gasteiger partial charge in [-0.3, -0.25) is 10.1 Å². The Morgan fingerprint density at radius 1 is 1.62 bits per heavy atom. The fourth-order valence-electron chi connectivity index (χ4n) is 1.59. The molecule has 0 saturated heterocycles. The van der Waals surface area contributed by atoms with E-state index < -0.39 is 4.92 Å². The van der Waals surface area contributed by atoms with Crippen LogP contribution in [-0.2, 0) is 0 Å². The molecule has 7 heteroatoms. The third kappa shape index (κ3) is 5.32. The number of benzene rings is 1. The number of nitrogens with zero attached hydrogens (tertiary/aromatic N) is 2. The van der Waals surface area contributed by atoms with Gasteiger partial charge in [-0.25, -0.2) is 0 Å². The van der Waals surface area contributed by atoms with E-state index in [4.69, 9.17) is 10.00 Å². The Balaban J connectivity index is 2.81. The number of ether oxygens (including phenoxy) is 1. The molecule has 0 aromatic heterocycles. The van der Waals surface area contributed by atoms with Crippen molar-refractivity contribution in [3.8, 4) is 11.8 Å². The lowest BCUT2D eigenvalue weighted by Crippen LogP contribution is -2.20. The summed E-state index contributed by atoms with van der Waals surface area (Å²) >= 11 is 1.92. The van der Waals surface area contributed by atoms with Crippen molar-refractivity contribution in [3.63, 3.8) is 0 Å². The highest BCUT2D eigenvalue weighted by molar-refractivity contribution is 14.1. The first-order valence-electron chi connectivity index (χ1n) is 6.37. The van der Waals surface area contributed by atoms with E-state index in [9.17, 15) is 10.1 Å². The standard InChI is InChI=1S/C14H16IN3O3/c1-3-4-17-8-10(2)9-21-14-12(15)5-11(7-16)6-13(14)18(19)20/h5-6,17H,2-4,8-9H2,1H3. The Bertz CT molecular complexity index is 582. The second-order valence-electron chi connectivity index (χ2n) is 4.39. The molecule has 1 N–H and O–H groups in total. The zero-order valence-corrected chi connectivity index (χ0v) is 13.8. The van der Waals surface area contributed by atoms with Crippen molar-refractivity contribution in [2.45, 2.75) is 13.3 Å². The van der Waals surface area contributed by atoms with Gasteiger partial charge in [-0.2, -0.15) is 5.26 Å². The van der Waals surface area contributed by atoms with E-state index in [0.29, 0.717) is 10.1 Å². The average Bonchev–Trinajstić information content (AvgIpc) is 2.45. The summed E-state index contributed by atoms with van der Waals surface area (Å²) in [5.74, 6) is 0.177. The number of hydrogen-bond acceptors (Lipinski definition) is 5. The van der Waals surface area contributed by atoms with Crippen molar-refractivity contribution in [1.82, 2.24) is 5.32 Å². The number of nitro benzene ring substituents is 1. The van der Waals surface area contributed by atoms with Crippen LogP contribution >= 0.6 is 22.6 Å². The fraction of sp³-hybridized carbons (Fsp3) is 0.357. The summed E-state index contributed by atoms with van der Waals surface area (Å²) in [5.41, 5.74) is 0.840. The predicted octanol–water partition coefficient (Wildman–Crippen LogP) is 3.01. The van der Waals surface area contributed by atoms with Crippen LogP contribution < -0.4 is 10.1 Å². The summed E-state index contributed by atoms with van der Waals surface area (Å²) in [6.07, 6.45) is 1.02. The maximum atomic E-state index is 11.1. The van der Waals surface area contributed by atoms with Gasteiger partial charge in [0, 0.05) is 12.6 Å². The molecular formula is C14H16IN3O3. The lowest BCUT2D eigenvalue weighted by Gasteiger charge is -2.11. The Morgan fingerprint density at radius 3 is 2.90 bits per heavy atom.